The summed E-state index contributed by atoms with van der Waals surface area (Å²) >= 11 is 0. The molecule has 1 unspecified atom stereocenters. The van der Waals surface area contributed by atoms with Crippen LogP contribution in [0.2, 0.25) is 0 Å². The van der Waals surface area contributed by atoms with Crippen molar-refractivity contribution in [1.82, 2.24) is 5.32 Å². The zero-order valence-corrected chi connectivity index (χ0v) is 10.4. The van der Waals surface area contributed by atoms with Gasteiger partial charge >= 0.3 is 12.1 Å². The lowest BCUT2D eigenvalue weighted by Gasteiger charge is -2.21. The molecule has 1 atom stereocenters. The molecular formula is C11H19NO5. The van der Waals surface area contributed by atoms with Crippen LogP contribution in [-0.4, -0.2) is 41.5 Å². The number of carbonyl (C=O) groups is 2. The Morgan fingerprint density at radius 2 is 2.00 bits per heavy atom. The number of ether oxygens (including phenoxy) is 2. The number of alkyl carbamates (subject to hydrolysis) is 1. The predicted molar refractivity (Wildman–Crippen MR) is 59.8 cm³/mol. The molecule has 1 rings (SSSR count). The zero-order valence-electron chi connectivity index (χ0n) is 10.4. The van der Waals surface area contributed by atoms with E-state index in [2.05, 4.69) is 5.32 Å². The van der Waals surface area contributed by atoms with Gasteiger partial charge in [-0.3, -0.25) is 0 Å². The molecule has 17 heavy (non-hydrogen) atoms. The number of carbonyl (C=O) groups excluding carboxylic acids is 1. The lowest BCUT2D eigenvalue weighted by molar-refractivity contribution is -0.141. The maximum atomic E-state index is 11.4. The van der Waals surface area contributed by atoms with E-state index in [1.54, 1.807) is 20.8 Å². The lowest BCUT2D eigenvalue weighted by Crippen LogP contribution is -2.46. The molecule has 0 aromatic carbocycles. The molecule has 1 aliphatic carbocycles. The number of aliphatic carboxylic acids is 1. The summed E-state index contributed by atoms with van der Waals surface area (Å²) in [7, 11) is 0. The Labute approximate surface area is 100 Å². The van der Waals surface area contributed by atoms with Crippen molar-refractivity contribution in [1.29, 1.82) is 0 Å². The Bertz CT molecular complexity index is 293. The normalized spacial score (nSPS) is 17.4. The second kappa shape index (κ2) is 5.35. The molecule has 0 bridgehead atoms. The largest absolute Gasteiger partial charge is 0.480 e. The van der Waals surface area contributed by atoms with Crippen LogP contribution in [-0.2, 0) is 14.3 Å². The van der Waals surface area contributed by atoms with E-state index in [0.717, 1.165) is 12.8 Å². The van der Waals surface area contributed by atoms with E-state index in [1.165, 1.54) is 0 Å². The first-order valence-electron chi connectivity index (χ1n) is 5.62. The Hall–Kier alpha value is -1.30. The fourth-order valence-electron chi connectivity index (χ4n) is 1.09. The van der Waals surface area contributed by atoms with Crippen molar-refractivity contribution in [3.63, 3.8) is 0 Å². The molecule has 0 radical (unpaired) electrons. The molecule has 0 heterocycles. The van der Waals surface area contributed by atoms with E-state index >= 15 is 0 Å². The van der Waals surface area contributed by atoms with Crippen LogP contribution in [0.3, 0.4) is 0 Å². The fraction of sp³-hybridized carbons (Fsp3) is 0.818. The maximum absolute atomic E-state index is 11.4. The van der Waals surface area contributed by atoms with E-state index in [-0.39, 0.29) is 12.7 Å². The van der Waals surface area contributed by atoms with Gasteiger partial charge in [0.1, 0.15) is 5.60 Å². The Balaban J connectivity index is 2.36. The van der Waals surface area contributed by atoms with Crippen molar-refractivity contribution in [2.45, 2.75) is 51.4 Å². The molecule has 6 nitrogen and oxygen atoms in total. The summed E-state index contributed by atoms with van der Waals surface area (Å²) < 4.78 is 10.2. The highest BCUT2D eigenvalue weighted by molar-refractivity contribution is 5.80. The molecule has 98 valence electrons. The van der Waals surface area contributed by atoms with Crippen LogP contribution < -0.4 is 5.32 Å². The van der Waals surface area contributed by atoms with E-state index in [0.29, 0.717) is 0 Å². The average Bonchev–Trinajstić information content (AvgIpc) is 2.91. The summed E-state index contributed by atoms with van der Waals surface area (Å²) in [4.78, 5) is 22.3. The van der Waals surface area contributed by atoms with Gasteiger partial charge in [0.15, 0.2) is 6.04 Å². The molecule has 0 aromatic heterocycles. The van der Waals surface area contributed by atoms with Crippen molar-refractivity contribution in [3.05, 3.63) is 0 Å². The number of nitrogens with one attached hydrogen (secondary N) is 1. The van der Waals surface area contributed by atoms with Crippen molar-refractivity contribution in [2.75, 3.05) is 6.61 Å². The van der Waals surface area contributed by atoms with Gasteiger partial charge in [-0.2, -0.15) is 0 Å². The summed E-state index contributed by atoms with van der Waals surface area (Å²) in [6.07, 6.45) is 1.32. The predicted octanol–water partition coefficient (Wildman–Crippen LogP) is 1.14. The van der Waals surface area contributed by atoms with Gasteiger partial charge in [0.2, 0.25) is 0 Å². The molecule has 2 N–H and O–H groups in total. The number of rotatable bonds is 5. The maximum Gasteiger partial charge on any atom is 0.408 e. The number of hydrogen-bond donors (Lipinski definition) is 2. The molecular weight excluding hydrogens is 226 g/mol. The van der Waals surface area contributed by atoms with Crippen LogP contribution in [0.1, 0.15) is 33.6 Å². The second-order valence-corrected chi connectivity index (χ2v) is 5.07. The fourth-order valence-corrected chi connectivity index (χ4v) is 1.09. The quantitative estimate of drug-likeness (QED) is 0.758. The number of carboxylic acid groups (broad SMARTS) is 1. The van der Waals surface area contributed by atoms with Crippen molar-refractivity contribution in [3.8, 4) is 0 Å². The van der Waals surface area contributed by atoms with Gasteiger partial charge in [0, 0.05) is 0 Å². The molecule has 1 fully saturated rings. The summed E-state index contributed by atoms with van der Waals surface area (Å²) in [5.41, 5.74) is -0.648. The lowest BCUT2D eigenvalue weighted by atomic mass is 10.2. The monoisotopic (exact) mass is 245 g/mol. The third-order valence-corrected chi connectivity index (χ3v) is 2.01. The number of hydrogen-bond acceptors (Lipinski definition) is 4. The summed E-state index contributed by atoms with van der Waals surface area (Å²) in [6, 6.07) is -1.06. The molecule has 1 saturated carbocycles. The minimum absolute atomic E-state index is 0.0285. The molecule has 1 aliphatic rings. The Morgan fingerprint density at radius 1 is 1.41 bits per heavy atom. The van der Waals surface area contributed by atoms with Crippen molar-refractivity contribution < 1.29 is 24.2 Å². The van der Waals surface area contributed by atoms with Gasteiger partial charge in [0.05, 0.1) is 12.7 Å². The molecule has 0 aliphatic heterocycles. The minimum atomic E-state index is -1.13. The first-order chi connectivity index (χ1) is 7.78. The Morgan fingerprint density at radius 3 is 2.41 bits per heavy atom. The minimum Gasteiger partial charge on any atom is -0.480 e. The summed E-state index contributed by atoms with van der Waals surface area (Å²) in [5.74, 6) is -1.13. The second-order valence-electron chi connectivity index (χ2n) is 5.07. The Kier molecular flexibility index (Phi) is 4.34. The van der Waals surface area contributed by atoms with Gasteiger partial charge < -0.3 is 19.9 Å². The van der Waals surface area contributed by atoms with Crippen LogP contribution in [0, 0.1) is 0 Å². The summed E-state index contributed by atoms with van der Waals surface area (Å²) in [5, 5.41) is 11.2. The molecule has 0 aromatic rings. The first kappa shape index (κ1) is 13.8. The number of amides is 1. The molecule has 6 heteroatoms. The van der Waals surface area contributed by atoms with Crippen LogP contribution in [0.5, 0.6) is 0 Å². The van der Waals surface area contributed by atoms with E-state index in [9.17, 15) is 9.59 Å². The third-order valence-electron chi connectivity index (χ3n) is 2.01. The SMILES string of the molecule is CC(C)(C)OC(=O)NC(COC1CC1)C(=O)O. The highest BCUT2D eigenvalue weighted by Gasteiger charge is 2.28. The van der Waals surface area contributed by atoms with Crippen LogP contribution in [0.4, 0.5) is 4.79 Å². The van der Waals surface area contributed by atoms with Gasteiger partial charge in [-0.05, 0) is 33.6 Å². The van der Waals surface area contributed by atoms with Gasteiger partial charge in [0.25, 0.3) is 0 Å². The van der Waals surface area contributed by atoms with Crippen LogP contribution >= 0.6 is 0 Å². The van der Waals surface area contributed by atoms with Crippen molar-refractivity contribution >= 4 is 12.1 Å². The zero-order chi connectivity index (χ0) is 13.1. The van der Waals surface area contributed by atoms with Crippen LogP contribution in [0.15, 0.2) is 0 Å². The third kappa shape index (κ3) is 6.11. The number of carboxylic acids is 1. The molecule has 0 saturated heterocycles. The van der Waals surface area contributed by atoms with Gasteiger partial charge in [-0.1, -0.05) is 0 Å². The summed E-state index contributed by atoms with van der Waals surface area (Å²) in [6.45, 7) is 5.11. The first-order valence-corrected chi connectivity index (χ1v) is 5.62. The van der Waals surface area contributed by atoms with E-state index < -0.39 is 23.7 Å². The van der Waals surface area contributed by atoms with Crippen molar-refractivity contribution in [2.24, 2.45) is 0 Å². The highest BCUT2D eigenvalue weighted by atomic mass is 16.6. The smallest absolute Gasteiger partial charge is 0.408 e. The van der Waals surface area contributed by atoms with E-state index in [1.807, 2.05) is 0 Å². The van der Waals surface area contributed by atoms with Crippen LogP contribution in [0.25, 0.3) is 0 Å². The van der Waals surface area contributed by atoms with Gasteiger partial charge in [-0.15, -0.1) is 0 Å². The topological polar surface area (TPSA) is 84.9 Å². The highest BCUT2D eigenvalue weighted by Crippen LogP contribution is 2.23. The van der Waals surface area contributed by atoms with Gasteiger partial charge in [-0.25, -0.2) is 9.59 Å². The standard InChI is InChI=1S/C11H19NO5/c1-11(2,3)17-10(15)12-8(9(13)14)6-16-7-4-5-7/h7-8H,4-6H2,1-3H3,(H,12,15)(H,13,14). The average molecular weight is 245 g/mol. The molecule has 0 spiro atoms. The molecule has 1 amide bonds. The van der Waals surface area contributed by atoms with E-state index in [4.69, 9.17) is 14.6 Å².